The first-order valence-electron chi connectivity index (χ1n) is 9.98. The zero-order chi connectivity index (χ0) is 23.6. The van der Waals surface area contributed by atoms with E-state index in [2.05, 4.69) is 20.5 Å². The van der Waals surface area contributed by atoms with Crippen LogP contribution in [0, 0.1) is 11.7 Å². The molecule has 7 nitrogen and oxygen atoms in total. The first-order chi connectivity index (χ1) is 15.7. The summed E-state index contributed by atoms with van der Waals surface area (Å²) in [6.45, 7) is 0.183. The van der Waals surface area contributed by atoms with E-state index in [1.54, 1.807) is 6.07 Å². The van der Waals surface area contributed by atoms with E-state index in [0.29, 0.717) is 6.42 Å². The number of nitrogens with zero attached hydrogens (tertiary/aromatic N) is 2. The molecule has 33 heavy (non-hydrogen) atoms. The minimum atomic E-state index is -4.88. The number of hydrogen-bond acceptors (Lipinski definition) is 4. The van der Waals surface area contributed by atoms with Gasteiger partial charge in [0.05, 0.1) is 11.6 Å². The lowest BCUT2D eigenvalue weighted by molar-refractivity contribution is -0.274. The maximum absolute atomic E-state index is 14.5. The van der Waals surface area contributed by atoms with Gasteiger partial charge >= 0.3 is 6.36 Å². The van der Waals surface area contributed by atoms with Crippen LogP contribution >= 0.6 is 0 Å². The van der Waals surface area contributed by atoms with E-state index in [0.717, 1.165) is 12.1 Å². The van der Waals surface area contributed by atoms with Crippen LogP contribution in [0.2, 0.25) is 0 Å². The van der Waals surface area contributed by atoms with E-state index in [1.807, 2.05) is 0 Å². The average Bonchev–Trinajstić information content (AvgIpc) is 3.17. The van der Waals surface area contributed by atoms with E-state index < -0.39 is 23.8 Å². The molecule has 1 fully saturated rings. The van der Waals surface area contributed by atoms with Gasteiger partial charge in [0.15, 0.2) is 5.82 Å². The van der Waals surface area contributed by atoms with Crippen LogP contribution in [-0.2, 0) is 9.59 Å². The molecule has 2 heterocycles. The number of carbonyl (C=O) groups is 2. The molecular formula is C22H18F4N4O3. The highest BCUT2D eigenvalue weighted by Gasteiger charge is 2.31. The summed E-state index contributed by atoms with van der Waals surface area (Å²) in [5.74, 6) is -1.96. The fraction of sp³-hybridized carbons (Fsp3) is 0.227. The number of aromatic nitrogens is 2. The zero-order valence-corrected chi connectivity index (χ0v) is 17.0. The SMILES string of the molecule is O=C1CCC(C(=O)Nc2cc(-c3cccc(OC(F)(F)F)c3)n(-c3ccccc3F)n2)CN1. The standard InChI is InChI=1S/C22H18F4N4O3/c23-16-6-1-2-7-17(16)30-18(13-4-3-5-15(10-13)33-22(24,25)26)11-19(29-30)28-21(32)14-8-9-20(31)27-12-14/h1-7,10-11,14H,8-9,12H2,(H,27,31)(H,28,29,32). The van der Waals surface area contributed by atoms with Crippen LogP contribution < -0.4 is 15.4 Å². The average molecular weight is 462 g/mol. The smallest absolute Gasteiger partial charge is 0.406 e. The minimum Gasteiger partial charge on any atom is -0.406 e. The molecule has 4 rings (SSSR count). The lowest BCUT2D eigenvalue weighted by Gasteiger charge is -2.20. The Morgan fingerprint density at radius 2 is 1.94 bits per heavy atom. The van der Waals surface area contributed by atoms with Crippen LogP contribution in [0.4, 0.5) is 23.4 Å². The molecule has 0 aliphatic carbocycles. The molecule has 0 radical (unpaired) electrons. The second kappa shape index (κ2) is 8.93. The molecule has 1 saturated heterocycles. The molecule has 1 atom stereocenters. The Kier molecular flexibility index (Phi) is 6.03. The van der Waals surface area contributed by atoms with Crippen LogP contribution in [0.1, 0.15) is 12.8 Å². The quantitative estimate of drug-likeness (QED) is 0.561. The Morgan fingerprint density at radius 1 is 1.15 bits per heavy atom. The molecule has 1 aliphatic heterocycles. The van der Waals surface area contributed by atoms with Crippen LogP contribution in [0.25, 0.3) is 16.9 Å². The fourth-order valence-electron chi connectivity index (χ4n) is 3.49. The maximum Gasteiger partial charge on any atom is 0.573 e. The van der Waals surface area contributed by atoms with Crippen molar-refractivity contribution >= 4 is 17.6 Å². The molecule has 2 N–H and O–H groups in total. The Balaban J connectivity index is 1.69. The number of anilines is 1. The van der Waals surface area contributed by atoms with Gasteiger partial charge in [0.25, 0.3) is 0 Å². The van der Waals surface area contributed by atoms with Crippen molar-refractivity contribution in [2.75, 3.05) is 11.9 Å². The van der Waals surface area contributed by atoms with Gasteiger partial charge in [-0.2, -0.15) is 0 Å². The lowest BCUT2D eigenvalue weighted by atomic mass is 9.98. The maximum atomic E-state index is 14.5. The van der Waals surface area contributed by atoms with Crippen LogP contribution in [0.3, 0.4) is 0 Å². The number of hydrogen-bond donors (Lipinski definition) is 2. The molecule has 0 bridgehead atoms. The third-order valence-corrected chi connectivity index (χ3v) is 5.04. The topological polar surface area (TPSA) is 85.2 Å². The molecule has 1 aromatic heterocycles. The van der Waals surface area contributed by atoms with E-state index in [9.17, 15) is 27.2 Å². The predicted octanol–water partition coefficient (Wildman–Crippen LogP) is 4.04. The van der Waals surface area contributed by atoms with Crippen molar-refractivity contribution in [3.63, 3.8) is 0 Å². The molecule has 172 valence electrons. The minimum absolute atomic E-state index is 0.0417. The molecule has 2 aromatic carbocycles. The Hall–Kier alpha value is -3.89. The third-order valence-electron chi connectivity index (χ3n) is 5.04. The van der Waals surface area contributed by atoms with Crippen LogP contribution in [-0.4, -0.2) is 34.5 Å². The monoisotopic (exact) mass is 462 g/mol. The number of alkyl halides is 3. The molecule has 1 aliphatic rings. The number of halogens is 4. The highest BCUT2D eigenvalue weighted by atomic mass is 19.4. The highest BCUT2D eigenvalue weighted by molar-refractivity contribution is 5.93. The van der Waals surface area contributed by atoms with Crippen molar-refractivity contribution in [1.29, 1.82) is 0 Å². The van der Waals surface area contributed by atoms with Gasteiger partial charge in [-0.05, 0) is 30.7 Å². The van der Waals surface area contributed by atoms with Gasteiger partial charge in [-0.1, -0.05) is 24.3 Å². The highest BCUT2D eigenvalue weighted by Crippen LogP contribution is 2.31. The number of amides is 2. The van der Waals surface area contributed by atoms with E-state index >= 15 is 0 Å². The van der Waals surface area contributed by atoms with Gasteiger partial charge in [-0.15, -0.1) is 18.3 Å². The van der Waals surface area contributed by atoms with E-state index in [-0.39, 0.29) is 47.5 Å². The summed E-state index contributed by atoms with van der Waals surface area (Å²) in [7, 11) is 0. The number of rotatable bonds is 5. The molecule has 11 heteroatoms. The Morgan fingerprint density at radius 3 is 2.64 bits per heavy atom. The Labute approximate surface area is 185 Å². The summed E-state index contributed by atoms with van der Waals surface area (Å²) in [6.07, 6.45) is -4.28. The fourth-order valence-corrected chi connectivity index (χ4v) is 3.49. The largest absolute Gasteiger partial charge is 0.573 e. The summed E-state index contributed by atoms with van der Waals surface area (Å²) < 4.78 is 57.7. The number of nitrogens with one attached hydrogen (secondary N) is 2. The van der Waals surface area contributed by atoms with Crippen molar-refractivity contribution in [2.24, 2.45) is 5.92 Å². The molecule has 3 aromatic rings. The van der Waals surface area contributed by atoms with Crippen molar-refractivity contribution in [3.05, 3.63) is 60.4 Å². The number of benzene rings is 2. The third kappa shape index (κ3) is 5.30. The van der Waals surface area contributed by atoms with E-state index in [1.165, 1.54) is 41.1 Å². The molecule has 2 amide bonds. The van der Waals surface area contributed by atoms with Gasteiger partial charge < -0.3 is 15.4 Å². The second-order valence-electron chi connectivity index (χ2n) is 7.38. The predicted molar refractivity (Wildman–Crippen MR) is 110 cm³/mol. The van der Waals surface area contributed by atoms with Gasteiger partial charge in [0, 0.05) is 24.6 Å². The van der Waals surface area contributed by atoms with Crippen molar-refractivity contribution in [3.8, 4) is 22.7 Å². The molecular weight excluding hydrogens is 444 g/mol. The summed E-state index contributed by atoms with van der Waals surface area (Å²) in [6, 6.07) is 12.3. The molecule has 0 spiro atoms. The molecule has 1 unspecified atom stereocenters. The first kappa shape index (κ1) is 22.3. The van der Waals surface area contributed by atoms with Crippen molar-refractivity contribution in [1.82, 2.24) is 15.1 Å². The zero-order valence-electron chi connectivity index (χ0n) is 17.0. The summed E-state index contributed by atoms with van der Waals surface area (Å²) in [5, 5.41) is 9.53. The van der Waals surface area contributed by atoms with Crippen LogP contribution in [0.5, 0.6) is 5.75 Å². The number of carbonyl (C=O) groups excluding carboxylic acids is 2. The number of ether oxygens (including phenoxy) is 1. The van der Waals surface area contributed by atoms with Crippen molar-refractivity contribution < 1.29 is 31.9 Å². The molecule has 0 saturated carbocycles. The second-order valence-corrected chi connectivity index (χ2v) is 7.38. The first-order valence-corrected chi connectivity index (χ1v) is 9.98. The van der Waals surface area contributed by atoms with E-state index in [4.69, 9.17) is 0 Å². The van der Waals surface area contributed by atoms with Crippen LogP contribution in [0.15, 0.2) is 54.6 Å². The van der Waals surface area contributed by atoms with Gasteiger partial charge in [-0.3, -0.25) is 9.59 Å². The van der Waals surface area contributed by atoms with Gasteiger partial charge in [0.2, 0.25) is 11.8 Å². The van der Waals surface area contributed by atoms with Gasteiger partial charge in [0.1, 0.15) is 17.3 Å². The summed E-state index contributed by atoms with van der Waals surface area (Å²) in [5.41, 5.74) is 0.540. The number of para-hydroxylation sites is 1. The summed E-state index contributed by atoms with van der Waals surface area (Å²) in [4.78, 5) is 23.9. The Bertz CT molecular complexity index is 1180. The van der Waals surface area contributed by atoms with Gasteiger partial charge in [-0.25, -0.2) is 9.07 Å². The lowest BCUT2D eigenvalue weighted by Crippen LogP contribution is -2.40. The normalized spacial score (nSPS) is 16.2. The van der Waals surface area contributed by atoms with Crippen molar-refractivity contribution in [2.45, 2.75) is 19.2 Å². The summed E-state index contributed by atoms with van der Waals surface area (Å²) >= 11 is 0. The number of piperidine rings is 1.